The molecule has 2 nitrogen and oxygen atoms in total. The maximum Gasteiger partial charge on any atom is 0.123 e. The molecule has 0 saturated carbocycles. The van der Waals surface area contributed by atoms with Crippen molar-refractivity contribution in [3.05, 3.63) is 71.5 Å². The molecule has 2 atom stereocenters. The molecule has 1 N–H and O–H groups in total. The third-order valence-electron chi connectivity index (χ3n) is 5.12. The summed E-state index contributed by atoms with van der Waals surface area (Å²) in [4.78, 5) is 2.39. The second kappa shape index (κ2) is 6.42. The smallest absolute Gasteiger partial charge is 0.123 e. The summed E-state index contributed by atoms with van der Waals surface area (Å²) in [6, 6.07) is 16.7. The van der Waals surface area contributed by atoms with E-state index in [4.69, 9.17) is 0 Å². The summed E-state index contributed by atoms with van der Waals surface area (Å²) in [6.45, 7) is 6.71. The summed E-state index contributed by atoms with van der Waals surface area (Å²) >= 11 is 0. The van der Waals surface area contributed by atoms with E-state index >= 15 is 0 Å². The number of nitrogens with zero attached hydrogens (tertiary/aromatic N) is 1. The van der Waals surface area contributed by atoms with E-state index in [1.807, 2.05) is 6.07 Å². The highest BCUT2D eigenvalue weighted by molar-refractivity contribution is 5.26. The second-order valence-corrected chi connectivity index (χ2v) is 6.81. The first kappa shape index (κ1) is 16.2. The Morgan fingerprint density at radius 1 is 1.00 bits per heavy atom. The molecule has 1 aliphatic heterocycles. The van der Waals surface area contributed by atoms with Gasteiger partial charge in [0.2, 0.25) is 0 Å². The molecule has 23 heavy (non-hydrogen) atoms. The summed E-state index contributed by atoms with van der Waals surface area (Å²) in [7, 11) is 0. The van der Waals surface area contributed by atoms with Gasteiger partial charge in [-0.25, -0.2) is 4.39 Å². The number of piperidine rings is 1. The maximum absolute atomic E-state index is 13.2. The van der Waals surface area contributed by atoms with Gasteiger partial charge in [0.05, 0.1) is 5.60 Å². The molecule has 0 spiro atoms. The van der Waals surface area contributed by atoms with Crippen LogP contribution in [0.5, 0.6) is 0 Å². The third-order valence-corrected chi connectivity index (χ3v) is 5.12. The Morgan fingerprint density at radius 2 is 1.57 bits per heavy atom. The quantitative estimate of drug-likeness (QED) is 0.931. The first-order valence-corrected chi connectivity index (χ1v) is 8.25. The molecule has 0 bridgehead atoms. The second-order valence-electron chi connectivity index (χ2n) is 6.81. The minimum Gasteiger partial charge on any atom is -0.385 e. The van der Waals surface area contributed by atoms with Crippen molar-refractivity contribution in [2.24, 2.45) is 11.8 Å². The first-order chi connectivity index (χ1) is 11.0. The van der Waals surface area contributed by atoms with E-state index < -0.39 is 5.60 Å². The van der Waals surface area contributed by atoms with Crippen LogP contribution in [0.2, 0.25) is 0 Å². The SMILES string of the molecule is CC1CN(Cc2ccccc2)CC(C)C1(O)c1ccc(F)cc1. The van der Waals surface area contributed by atoms with Crippen LogP contribution in [0, 0.1) is 17.7 Å². The topological polar surface area (TPSA) is 23.5 Å². The molecule has 1 saturated heterocycles. The number of hydrogen-bond donors (Lipinski definition) is 1. The number of likely N-dealkylation sites (tertiary alicyclic amines) is 1. The van der Waals surface area contributed by atoms with Gasteiger partial charge in [0.1, 0.15) is 5.82 Å². The molecule has 1 aliphatic rings. The predicted octanol–water partition coefficient (Wildman–Crippen LogP) is 3.80. The van der Waals surface area contributed by atoms with Crippen LogP contribution in [0.3, 0.4) is 0 Å². The van der Waals surface area contributed by atoms with E-state index in [0.717, 1.165) is 25.2 Å². The number of aliphatic hydroxyl groups is 1. The lowest BCUT2D eigenvalue weighted by Crippen LogP contribution is -2.54. The highest BCUT2D eigenvalue weighted by Gasteiger charge is 2.45. The fourth-order valence-corrected chi connectivity index (χ4v) is 3.87. The van der Waals surface area contributed by atoms with Gasteiger partial charge < -0.3 is 5.11 Å². The van der Waals surface area contributed by atoms with Crippen molar-refractivity contribution in [1.29, 1.82) is 0 Å². The zero-order valence-corrected chi connectivity index (χ0v) is 13.7. The van der Waals surface area contributed by atoms with Gasteiger partial charge in [-0.3, -0.25) is 4.90 Å². The predicted molar refractivity (Wildman–Crippen MR) is 90.3 cm³/mol. The van der Waals surface area contributed by atoms with Crippen molar-refractivity contribution < 1.29 is 9.50 Å². The largest absolute Gasteiger partial charge is 0.385 e. The number of halogens is 1. The van der Waals surface area contributed by atoms with E-state index in [1.54, 1.807) is 12.1 Å². The highest BCUT2D eigenvalue weighted by atomic mass is 19.1. The van der Waals surface area contributed by atoms with Gasteiger partial charge in [-0.1, -0.05) is 56.3 Å². The zero-order valence-electron chi connectivity index (χ0n) is 13.7. The van der Waals surface area contributed by atoms with Crippen molar-refractivity contribution in [1.82, 2.24) is 4.90 Å². The Kier molecular flexibility index (Phi) is 4.51. The lowest BCUT2D eigenvalue weighted by atomic mass is 9.70. The van der Waals surface area contributed by atoms with E-state index in [-0.39, 0.29) is 17.7 Å². The van der Waals surface area contributed by atoms with Gasteiger partial charge in [0, 0.05) is 31.5 Å². The van der Waals surface area contributed by atoms with Gasteiger partial charge in [0.25, 0.3) is 0 Å². The van der Waals surface area contributed by atoms with Crippen LogP contribution in [-0.4, -0.2) is 23.1 Å². The van der Waals surface area contributed by atoms with E-state index in [2.05, 4.69) is 43.0 Å². The number of hydrogen-bond acceptors (Lipinski definition) is 2. The van der Waals surface area contributed by atoms with E-state index in [0.29, 0.717) is 0 Å². The lowest BCUT2D eigenvalue weighted by Gasteiger charge is -2.48. The molecule has 0 amide bonds. The Labute approximate surface area is 137 Å². The number of benzene rings is 2. The highest BCUT2D eigenvalue weighted by Crippen LogP contribution is 2.41. The molecule has 0 aromatic heterocycles. The van der Waals surface area contributed by atoms with Crippen LogP contribution < -0.4 is 0 Å². The van der Waals surface area contributed by atoms with Gasteiger partial charge in [-0.2, -0.15) is 0 Å². The van der Waals surface area contributed by atoms with Gasteiger partial charge in [-0.05, 0) is 23.3 Å². The molecule has 0 aliphatic carbocycles. The monoisotopic (exact) mass is 313 g/mol. The maximum atomic E-state index is 13.2. The fraction of sp³-hybridized carbons (Fsp3) is 0.400. The normalized spacial score (nSPS) is 28.7. The van der Waals surface area contributed by atoms with Crippen LogP contribution in [0.4, 0.5) is 4.39 Å². The molecule has 2 aromatic carbocycles. The standard InChI is InChI=1S/C20H24FNO/c1-15-12-22(14-17-6-4-3-5-7-17)13-16(2)20(15,23)18-8-10-19(21)11-9-18/h3-11,15-16,23H,12-14H2,1-2H3. The fourth-order valence-electron chi connectivity index (χ4n) is 3.87. The molecule has 1 fully saturated rings. The van der Waals surface area contributed by atoms with Crippen LogP contribution in [0.15, 0.2) is 54.6 Å². The number of rotatable bonds is 3. The minimum absolute atomic E-state index is 0.0837. The molecule has 2 aromatic rings. The van der Waals surface area contributed by atoms with E-state index in [9.17, 15) is 9.50 Å². The summed E-state index contributed by atoms with van der Waals surface area (Å²) in [5.41, 5.74) is 1.21. The molecule has 122 valence electrons. The summed E-state index contributed by atoms with van der Waals surface area (Å²) in [6.07, 6.45) is 0. The van der Waals surface area contributed by atoms with Crippen molar-refractivity contribution >= 4 is 0 Å². The van der Waals surface area contributed by atoms with Gasteiger partial charge in [-0.15, -0.1) is 0 Å². The molecule has 2 unspecified atom stereocenters. The first-order valence-electron chi connectivity index (χ1n) is 8.25. The average Bonchev–Trinajstić information content (AvgIpc) is 2.54. The molecule has 3 heteroatoms. The minimum atomic E-state index is -0.902. The Morgan fingerprint density at radius 3 is 2.13 bits per heavy atom. The molecule has 3 rings (SSSR count). The van der Waals surface area contributed by atoms with Crippen molar-refractivity contribution in [2.75, 3.05) is 13.1 Å². The van der Waals surface area contributed by atoms with Crippen LogP contribution in [0.1, 0.15) is 25.0 Å². The lowest BCUT2D eigenvalue weighted by molar-refractivity contribution is -0.114. The molecular formula is C20H24FNO. The van der Waals surface area contributed by atoms with Crippen molar-refractivity contribution in [3.8, 4) is 0 Å². The molecule has 0 radical (unpaired) electrons. The summed E-state index contributed by atoms with van der Waals surface area (Å²) in [5, 5.41) is 11.3. The summed E-state index contributed by atoms with van der Waals surface area (Å²) < 4.78 is 13.2. The van der Waals surface area contributed by atoms with Crippen LogP contribution in [0.25, 0.3) is 0 Å². The zero-order chi connectivity index (χ0) is 16.4. The Bertz CT molecular complexity index is 628. The van der Waals surface area contributed by atoms with Gasteiger partial charge >= 0.3 is 0 Å². The van der Waals surface area contributed by atoms with E-state index in [1.165, 1.54) is 17.7 Å². The summed E-state index contributed by atoms with van der Waals surface area (Å²) in [5.74, 6) is -0.0972. The Balaban J connectivity index is 1.78. The van der Waals surface area contributed by atoms with Crippen molar-refractivity contribution in [3.63, 3.8) is 0 Å². The van der Waals surface area contributed by atoms with Crippen LogP contribution in [-0.2, 0) is 12.1 Å². The van der Waals surface area contributed by atoms with Gasteiger partial charge in [0.15, 0.2) is 0 Å². The molecular weight excluding hydrogens is 289 g/mol. The average molecular weight is 313 g/mol. The molecule has 1 heterocycles. The van der Waals surface area contributed by atoms with Crippen molar-refractivity contribution in [2.45, 2.75) is 26.0 Å². The van der Waals surface area contributed by atoms with Crippen LogP contribution >= 0.6 is 0 Å². The Hall–Kier alpha value is -1.71. The third kappa shape index (κ3) is 3.17.